The highest BCUT2D eigenvalue weighted by Gasteiger charge is 2.24. The van der Waals surface area contributed by atoms with Crippen molar-refractivity contribution < 1.29 is 18.5 Å². The van der Waals surface area contributed by atoms with Gasteiger partial charge < -0.3 is 9.30 Å². The normalized spacial score (nSPS) is 17.6. The summed E-state index contributed by atoms with van der Waals surface area (Å²) >= 11 is 1.30. The number of halogens is 1. The Morgan fingerprint density at radius 3 is 2.72 bits per heavy atom. The number of esters is 1. The van der Waals surface area contributed by atoms with Crippen molar-refractivity contribution in [3.63, 3.8) is 0 Å². The molecule has 1 unspecified atom stereocenters. The van der Waals surface area contributed by atoms with Crippen LogP contribution < -0.4 is 5.56 Å². The molecule has 29 heavy (non-hydrogen) atoms. The third kappa shape index (κ3) is 5.61. The molecule has 0 saturated heterocycles. The summed E-state index contributed by atoms with van der Waals surface area (Å²) in [6, 6.07) is 6.11. The Kier molecular flexibility index (Phi) is 6.60. The number of aromatic nitrogens is 2. The fourth-order valence-electron chi connectivity index (χ4n) is 2.82. The fourth-order valence-corrected chi connectivity index (χ4v) is 3.74. The van der Waals surface area contributed by atoms with Gasteiger partial charge in [-0.2, -0.15) is 9.58 Å². The van der Waals surface area contributed by atoms with Crippen LogP contribution in [-0.2, 0) is 28.4 Å². The van der Waals surface area contributed by atoms with Crippen LogP contribution >= 0.6 is 11.8 Å². The number of rotatable bonds is 8. The largest absolute Gasteiger partial charge is 0.465 e. The third-order valence-electron chi connectivity index (χ3n) is 4.23. The highest BCUT2D eigenvalue weighted by Crippen LogP contribution is 2.22. The SMILES string of the molecule is CCOC(=O)Cn1cc(C[N+]2(C)C=CC=N2)c(=O)nc1SCc1ccc(F)cc1. The first kappa shape index (κ1) is 20.9. The van der Waals surface area contributed by atoms with E-state index >= 15 is 0 Å². The Balaban J connectivity index is 1.86. The lowest BCUT2D eigenvalue weighted by Crippen LogP contribution is -2.33. The molecule has 0 aliphatic carbocycles. The van der Waals surface area contributed by atoms with Crippen molar-refractivity contribution in [2.75, 3.05) is 13.7 Å². The van der Waals surface area contributed by atoms with Gasteiger partial charge in [0, 0.05) is 18.0 Å². The van der Waals surface area contributed by atoms with Crippen LogP contribution in [0.1, 0.15) is 18.1 Å². The zero-order chi connectivity index (χ0) is 20.9. The van der Waals surface area contributed by atoms with Gasteiger partial charge in [0.2, 0.25) is 0 Å². The van der Waals surface area contributed by atoms with E-state index in [4.69, 9.17) is 4.74 Å². The van der Waals surface area contributed by atoms with Gasteiger partial charge in [-0.1, -0.05) is 29.0 Å². The van der Waals surface area contributed by atoms with Crippen molar-refractivity contribution in [1.29, 1.82) is 0 Å². The molecule has 152 valence electrons. The predicted molar refractivity (Wildman–Crippen MR) is 109 cm³/mol. The Hall–Kier alpha value is -2.78. The summed E-state index contributed by atoms with van der Waals surface area (Å²) in [4.78, 5) is 28.8. The zero-order valence-corrected chi connectivity index (χ0v) is 17.1. The molecule has 3 rings (SSSR count). The van der Waals surface area contributed by atoms with Crippen LogP contribution in [0, 0.1) is 5.82 Å². The van der Waals surface area contributed by atoms with Crippen LogP contribution in [0.25, 0.3) is 0 Å². The molecule has 0 bridgehead atoms. The lowest BCUT2D eigenvalue weighted by molar-refractivity contribution is -0.877. The molecule has 2 heterocycles. The number of thioether (sulfide) groups is 1. The van der Waals surface area contributed by atoms with E-state index < -0.39 is 5.97 Å². The van der Waals surface area contributed by atoms with Gasteiger partial charge in [0.25, 0.3) is 5.56 Å². The first-order chi connectivity index (χ1) is 13.9. The zero-order valence-electron chi connectivity index (χ0n) is 16.2. The summed E-state index contributed by atoms with van der Waals surface area (Å²) in [5.74, 6) is -0.238. The van der Waals surface area contributed by atoms with Crippen LogP contribution in [0.5, 0.6) is 0 Å². The van der Waals surface area contributed by atoms with E-state index in [-0.39, 0.29) is 29.1 Å². The number of carbonyl (C=O) groups is 1. The second-order valence-corrected chi connectivity index (χ2v) is 7.62. The molecule has 7 nitrogen and oxygen atoms in total. The van der Waals surface area contributed by atoms with Gasteiger partial charge >= 0.3 is 5.97 Å². The molecule has 9 heteroatoms. The summed E-state index contributed by atoms with van der Waals surface area (Å²) in [5.41, 5.74) is 0.972. The molecule has 0 radical (unpaired) electrons. The molecular formula is C20H22FN4O3S+. The van der Waals surface area contributed by atoms with E-state index in [1.165, 1.54) is 23.9 Å². The maximum absolute atomic E-state index is 13.1. The van der Waals surface area contributed by atoms with Crippen molar-refractivity contribution in [2.24, 2.45) is 5.10 Å². The molecule has 1 aromatic carbocycles. The van der Waals surface area contributed by atoms with Gasteiger partial charge in [-0.3, -0.25) is 9.59 Å². The number of quaternary nitrogens is 1. The topological polar surface area (TPSA) is 73.6 Å². The number of nitrogens with zero attached hydrogens (tertiary/aromatic N) is 4. The average Bonchev–Trinajstić information content (AvgIpc) is 3.10. The molecule has 1 aliphatic heterocycles. The summed E-state index contributed by atoms with van der Waals surface area (Å²) in [5, 5.41) is 4.73. The van der Waals surface area contributed by atoms with E-state index in [2.05, 4.69) is 10.1 Å². The predicted octanol–water partition coefficient (Wildman–Crippen LogP) is 2.70. The molecule has 0 amide bonds. The standard InChI is InChI=1S/C20H22FN4O3S/c1-3-28-18(26)12-24-11-16(13-25(2)10-4-9-22-25)19(27)23-20(24)29-14-15-5-7-17(21)8-6-15/h4-11H,3,12-14H2,1-2H3/q+1. The molecule has 0 N–H and O–H groups in total. The average molecular weight is 417 g/mol. The minimum atomic E-state index is -0.410. The second kappa shape index (κ2) is 9.15. The van der Waals surface area contributed by atoms with Crippen molar-refractivity contribution in [1.82, 2.24) is 9.55 Å². The van der Waals surface area contributed by atoms with E-state index in [0.717, 1.165) is 5.56 Å². The maximum atomic E-state index is 13.1. The van der Waals surface area contributed by atoms with Gasteiger partial charge in [-0.25, -0.2) is 4.39 Å². The quantitative estimate of drug-likeness (QED) is 0.286. The molecule has 0 saturated carbocycles. The van der Waals surface area contributed by atoms with Crippen LogP contribution in [0.4, 0.5) is 4.39 Å². The maximum Gasteiger partial charge on any atom is 0.326 e. The molecule has 1 aromatic heterocycles. The van der Waals surface area contributed by atoms with Gasteiger partial charge in [0.05, 0.1) is 25.4 Å². The summed E-state index contributed by atoms with van der Waals surface area (Å²) < 4.78 is 20.0. The summed E-state index contributed by atoms with van der Waals surface area (Å²) in [6.07, 6.45) is 7.01. The van der Waals surface area contributed by atoms with Gasteiger partial charge in [-0.05, 0) is 24.6 Å². The number of ether oxygens (including phenoxy) is 1. The summed E-state index contributed by atoms with van der Waals surface area (Å²) in [6.45, 7) is 2.28. The van der Waals surface area contributed by atoms with Crippen molar-refractivity contribution in [2.45, 2.75) is 30.9 Å². The minimum absolute atomic E-state index is 0.0529. The summed E-state index contributed by atoms with van der Waals surface area (Å²) in [7, 11) is 1.87. The number of allylic oxidation sites excluding steroid dienone is 1. The van der Waals surface area contributed by atoms with E-state index in [9.17, 15) is 14.0 Å². The second-order valence-electron chi connectivity index (χ2n) is 6.68. The lowest BCUT2D eigenvalue weighted by atomic mass is 10.2. The Bertz CT molecular complexity index is 990. The highest BCUT2D eigenvalue weighted by molar-refractivity contribution is 7.98. The lowest BCUT2D eigenvalue weighted by Gasteiger charge is -2.20. The van der Waals surface area contributed by atoms with Crippen molar-refractivity contribution in [3.8, 4) is 0 Å². The Morgan fingerprint density at radius 1 is 1.31 bits per heavy atom. The van der Waals surface area contributed by atoms with E-state index in [1.54, 1.807) is 36.0 Å². The molecule has 1 atom stereocenters. The number of hydrogen-bond donors (Lipinski definition) is 0. The smallest absolute Gasteiger partial charge is 0.326 e. The molecule has 1 aliphatic rings. The van der Waals surface area contributed by atoms with Gasteiger partial charge in [0.1, 0.15) is 25.1 Å². The monoisotopic (exact) mass is 417 g/mol. The molecule has 2 aromatic rings. The van der Waals surface area contributed by atoms with Crippen molar-refractivity contribution >= 4 is 23.9 Å². The highest BCUT2D eigenvalue weighted by atomic mass is 32.2. The van der Waals surface area contributed by atoms with Gasteiger partial charge in [0.15, 0.2) is 5.16 Å². The van der Waals surface area contributed by atoms with Crippen LogP contribution in [0.15, 0.2) is 57.8 Å². The Labute approximate surface area is 172 Å². The van der Waals surface area contributed by atoms with Crippen molar-refractivity contribution in [3.05, 3.63) is 70.0 Å². The Morgan fingerprint density at radius 2 is 2.07 bits per heavy atom. The van der Waals surface area contributed by atoms with Crippen LogP contribution in [-0.4, -0.2) is 40.0 Å². The number of hydrogen-bond acceptors (Lipinski definition) is 6. The number of benzene rings is 1. The third-order valence-corrected chi connectivity index (χ3v) is 5.29. The van der Waals surface area contributed by atoms with Gasteiger partial charge in [-0.15, -0.1) is 0 Å². The molecule has 0 fully saturated rings. The fraction of sp³-hybridized carbons (Fsp3) is 0.300. The minimum Gasteiger partial charge on any atom is -0.465 e. The van der Waals surface area contributed by atoms with Crippen LogP contribution in [0.2, 0.25) is 0 Å². The van der Waals surface area contributed by atoms with E-state index in [1.807, 2.05) is 19.3 Å². The molecule has 0 spiro atoms. The van der Waals surface area contributed by atoms with Crippen LogP contribution in [0.3, 0.4) is 0 Å². The first-order valence-electron chi connectivity index (χ1n) is 9.10. The first-order valence-corrected chi connectivity index (χ1v) is 10.1. The number of carbonyl (C=O) groups excluding carboxylic acids is 1. The molecular weight excluding hydrogens is 395 g/mol. The van der Waals surface area contributed by atoms with E-state index in [0.29, 0.717) is 23.0 Å².